The standard InChI is InChI=1S/C18H20N4O7S/c1-18(2,3)29-16(24)15(13-10-30-17(19)20-13)21-28-9-14(23)27-8-11-4-6-12(7-5-11)22(25)26/h4-7,10H,8-9H2,1-3H3,(H2,19,20)/b21-15-. The van der Waals surface area contributed by atoms with E-state index in [1.807, 2.05) is 0 Å². The maximum atomic E-state index is 12.4. The summed E-state index contributed by atoms with van der Waals surface area (Å²) in [6, 6.07) is 5.54. The van der Waals surface area contributed by atoms with Gasteiger partial charge in [0, 0.05) is 17.5 Å². The van der Waals surface area contributed by atoms with Crippen molar-refractivity contribution < 1.29 is 28.8 Å². The van der Waals surface area contributed by atoms with E-state index in [-0.39, 0.29) is 28.8 Å². The Kier molecular flexibility index (Phi) is 7.42. The van der Waals surface area contributed by atoms with Crippen molar-refractivity contribution in [1.29, 1.82) is 0 Å². The Labute approximate surface area is 175 Å². The third kappa shape index (κ3) is 7.13. The van der Waals surface area contributed by atoms with Crippen LogP contribution in [0.2, 0.25) is 0 Å². The second-order valence-electron chi connectivity index (χ2n) is 6.87. The maximum Gasteiger partial charge on any atom is 0.363 e. The average molecular weight is 436 g/mol. The molecule has 12 heteroatoms. The zero-order valence-corrected chi connectivity index (χ0v) is 17.3. The van der Waals surface area contributed by atoms with Gasteiger partial charge in [0.2, 0.25) is 12.3 Å². The van der Waals surface area contributed by atoms with E-state index in [2.05, 4.69) is 10.1 Å². The Balaban J connectivity index is 1.95. The first-order chi connectivity index (χ1) is 14.0. The van der Waals surface area contributed by atoms with Crippen molar-refractivity contribution in [2.75, 3.05) is 12.3 Å². The number of thiazole rings is 1. The summed E-state index contributed by atoms with van der Waals surface area (Å²) in [7, 11) is 0. The van der Waals surface area contributed by atoms with Crippen molar-refractivity contribution in [3.63, 3.8) is 0 Å². The van der Waals surface area contributed by atoms with Crippen LogP contribution in [0.25, 0.3) is 0 Å². The number of oxime groups is 1. The number of ether oxygens (including phenoxy) is 2. The molecule has 0 saturated carbocycles. The molecule has 0 unspecified atom stereocenters. The molecule has 0 atom stereocenters. The highest BCUT2D eigenvalue weighted by molar-refractivity contribution is 7.13. The molecule has 0 spiro atoms. The van der Waals surface area contributed by atoms with E-state index >= 15 is 0 Å². The van der Waals surface area contributed by atoms with E-state index < -0.39 is 29.1 Å². The Morgan fingerprint density at radius 3 is 2.47 bits per heavy atom. The summed E-state index contributed by atoms with van der Waals surface area (Å²) in [4.78, 5) is 43.2. The molecule has 1 aromatic heterocycles. The van der Waals surface area contributed by atoms with Crippen LogP contribution in [-0.2, 0) is 30.5 Å². The number of esters is 2. The average Bonchev–Trinajstić information content (AvgIpc) is 3.08. The molecule has 0 aliphatic rings. The number of nitro benzene ring substituents is 1. The molecule has 0 bridgehead atoms. The fourth-order valence-corrected chi connectivity index (χ4v) is 2.53. The van der Waals surface area contributed by atoms with Crippen LogP contribution in [0, 0.1) is 10.1 Å². The van der Waals surface area contributed by atoms with E-state index in [1.54, 1.807) is 20.8 Å². The molecule has 0 saturated heterocycles. The predicted molar refractivity (Wildman–Crippen MR) is 108 cm³/mol. The minimum absolute atomic E-state index is 0.0694. The highest BCUT2D eigenvalue weighted by Crippen LogP contribution is 2.16. The van der Waals surface area contributed by atoms with Gasteiger partial charge in [-0.3, -0.25) is 10.1 Å². The Morgan fingerprint density at radius 1 is 1.27 bits per heavy atom. The second-order valence-corrected chi connectivity index (χ2v) is 7.76. The van der Waals surface area contributed by atoms with Crippen molar-refractivity contribution in [3.8, 4) is 0 Å². The van der Waals surface area contributed by atoms with E-state index in [0.29, 0.717) is 5.56 Å². The van der Waals surface area contributed by atoms with Gasteiger partial charge in [-0.1, -0.05) is 5.16 Å². The molecule has 160 valence electrons. The molecule has 2 aromatic rings. The fraction of sp³-hybridized carbons (Fsp3) is 0.333. The number of carbonyl (C=O) groups is 2. The van der Waals surface area contributed by atoms with Gasteiger partial charge in [-0.25, -0.2) is 14.6 Å². The predicted octanol–water partition coefficient (Wildman–Crippen LogP) is 2.44. The summed E-state index contributed by atoms with van der Waals surface area (Å²) in [6.07, 6.45) is 0. The van der Waals surface area contributed by atoms with Crippen molar-refractivity contribution in [3.05, 3.63) is 51.0 Å². The van der Waals surface area contributed by atoms with E-state index in [0.717, 1.165) is 11.3 Å². The second kappa shape index (κ2) is 9.78. The first-order valence-electron chi connectivity index (χ1n) is 8.59. The highest BCUT2D eigenvalue weighted by atomic mass is 32.1. The fourth-order valence-electron chi connectivity index (χ4n) is 1.98. The number of non-ortho nitro benzene ring substituents is 1. The number of rotatable bonds is 8. The number of nitrogens with two attached hydrogens (primary N) is 1. The van der Waals surface area contributed by atoms with Crippen molar-refractivity contribution >= 4 is 39.8 Å². The number of aromatic nitrogens is 1. The summed E-state index contributed by atoms with van der Waals surface area (Å²) < 4.78 is 10.3. The SMILES string of the molecule is CC(C)(C)OC(=O)/C(=N\OCC(=O)OCc1ccc([N+](=O)[O-])cc1)c1csc(N)n1. The first-order valence-corrected chi connectivity index (χ1v) is 9.47. The van der Waals surface area contributed by atoms with Crippen LogP contribution in [0.4, 0.5) is 10.8 Å². The summed E-state index contributed by atoms with van der Waals surface area (Å²) in [5.41, 5.74) is 5.23. The zero-order valence-electron chi connectivity index (χ0n) is 16.5. The highest BCUT2D eigenvalue weighted by Gasteiger charge is 2.25. The third-order valence-electron chi connectivity index (χ3n) is 3.24. The van der Waals surface area contributed by atoms with E-state index in [1.165, 1.54) is 29.6 Å². The van der Waals surface area contributed by atoms with E-state index in [9.17, 15) is 19.7 Å². The number of nitrogen functional groups attached to an aromatic ring is 1. The molecular weight excluding hydrogens is 416 g/mol. The number of nitro groups is 1. The molecule has 2 rings (SSSR count). The minimum Gasteiger partial charge on any atom is -0.458 e. The number of anilines is 1. The molecule has 0 amide bonds. The molecule has 2 N–H and O–H groups in total. The van der Waals surface area contributed by atoms with Crippen molar-refractivity contribution in [2.24, 2.45) is 5.16 Å². The van der Waals surface area contributed by atoms with Gasteiger partial charge in [-0.2, -0.15) is 0 Å². The topological polar surface area (TPSA) is 156 Å². The van der Waals surface area contributed by atoms with Crippen LogP contribution >= 0.6 is 11.3 Å². The van der Waals surface area contributed by atoms with Gasteiger partial charge in [-0.15, -0.1) is 11.3 Å². The molecule has 0 fully saturated rings. The minimum atomic E-state index is -0.785. The smallest absolute Gasteiger partial charge is 0.363 e. The lowest BCUT2D eigenvalue weighted by Crippen LogP contribution is -2.30. The summed E-state index contributed by atoms with van der Waals surface area (Å²) in [6.45, 7) is 4.39. The van der Waals surface area contributed by atoms with Crippen molar-refractivity contribution in [1.82, 2.24) is 4.98 Å². The van der Waals surface area contributed by atoms with Gasteiger partial charge >= 0.3 is 11.9 Å². The number of nitrogens with zero attached hydrogens (tertiary/aromatic N) is 3. The van der Waals surface area contributed by atoms with Gasteiger partial charge in [0.15, 0.2) is 5.13 Å². The largest absolute Gasteiger partial charge is 0.458 e. The molecule has 11 nitrogen and oxygen atoms in total. The maximum absolute atomic E-state index is 12.4. The van der Waals surface area contributed by atoms with Gasteiger partial charge in [0.25, 0.3) is 5.69 Å². The lowest BCUT2D eigenvalue weighted by atomic mass is 10.2. The number of hydrogen-bond acceptors (Lipinski definition) is 11. The lowest BCUT2D eigenvalue weighted by Gasteiger charge is -2.19. The van der Waals surface area contributed by atoms with Crippen LogP contribution < -0.4 is 5.73 Å². The molecule has 1 heterocycles. The van der Waals surface area contributed by atoms with Crippen LogP contribution in [0.1, 0.15) is 32.0 Å². The number of hydrogen-bond donors (Lipinski definition) is 1. The van der Waals surface area contributed by atoms with Crippen molar-refractivity contribution in [2.45, 2.75) is 33.0 Å². The summed E-state index contributed by atoms with van der Waals surface area (Å²) >= 11 is 1.11. The zero-order chi connectivity index (χ0) is 22.3. The first kappa shape index (κ1) is 22.7. The van der Waals surface area contributed by atoms with Crippen LogP contribution in [-0.4, -0.2) is 39.8 Å². The third-order valence-corrected chi connectivity index (χ3v) is 3.92. The Hall–Kier alpha value is -3.54. The summed E-state index contributed by atoms with van der Waals surface area (Å²) in [5.74, 6) is -1.54. The molecule has 0 aliphatic heterocycles. The van der Waals surface area contributed by atoms with Crippen LogP contribution in [0.3, 0.4) is 0 Å². The molecule has 30 heavy (non-hydrogen) atoms. The van der Waals surface area contributed by atoms with Gasteiger partial charge < -0.3 is 20.0 Å². The molecular formula is C18H20N4O7S. The summed E-state index contributed by atoms with van der Waals surface area (Å²) in [5, 5.41) is 16.0. The van der Waals surface area contributed by atoms with Crippen LogP contribution in [0.5, 0.6) is 0 Å². The quantitative estimate of drug-likeness (QED) is 0.284. The Morgan fingerprint density at radius 2 is 1.93 bits per heavy atom. The number of carbonyl (C=O) groups excluding carboxylic acids is 2. The lowest BCUT2D eigenvalue weighted by molar-refractivity contribution is -0.384. The van der Waals surface area contributed by atoms with Gasteiger partial charge in [0.1, 0.15) is 17.9 Å². The molecule has 0 aliphatic carbocycles. The van der Waals surface area contributed by atoms with Crippen LogP contribution in [0.15, 0.2) is 34.8 Å². The number of benzene rings is 1. The molecule has 0 radical (unpaired) electrons. The Bertz CT molecular complexity index is 948. The van der Waals surface area contributed by atoms with E-state index in [4.69, 9.17) is 20.0 Å². The monoisotopic (exact) mass is 436 g/mol. The molecule has 1 aromatic carbocycles. The van der Waals surface area contributed by atoms with Gasteiger partial charge in [0.05, 0.1) is 4.92 Å². The van der Waals surface area contributed by atoms with Gasteiger partial charge in [-0.05, 0) is 38.5 Å². The normalized spacial score (nSPS) is 11.6.